The van der Waals surface area contributed by atoms with Crippen LogP contribution in [-0.4, -0.2) is 16.5 Å². The van der Waals surface area contributed by atoms with Crippen LogP contribution in [0.5, 0.6) is 0 Å². The molecule has 0 spiro atoms. The van der Waals surface area contributed by atoms with Crippen LogP contribution in [0.4, 0.5) is 5.82 Å². The molecule has 0 saturated heterocycles. The minimum absolute atomic E-state index is 0.431. The van der Waals surface area contributed by atoms with Gasteiger partial charge in [0.25, 0.3) is 0 Å². The Hall–Kier alpha value is -1.12. The van der Waals surface area contributed by atoms with E-state index in [1.807, 2.05) is 6.07 Å². The molecule has 0 atom stereocenters. The lowest BCUT2D eigenvalue weighted by molar-refractivity contribution is 0.457. The smallest absolute Gasteiger partial charge is 0.129 e. The fourth-order valence-corrected chi connectivity index (χ4v) is 2.74. The van der Waals surface area contributed by atoms with Crippen molar-refractivity contribution < 1.29 is 0 Å². The SMILES string of the molecule is CCc1cc(NCC2C(C)(C)C2(C)C)ncn1. The van der Waals surface area contributed by atoms with Gasteiger partial charge in [0.2, 0.25) is 0 Å². The molecule has 1 saturated carbocycles. The van der Waals surface area contributed by atoms with Crippen LogP contribution in [0.25, 0.3) is 0 Å². The second-order valence-electron chi connectivity index (χ2n) is 6.13. The molecule has 0 unspecified atom stereocenters. The molecule has 94 valence electrons. The van der Waals surface area contributed by atoms with E-state index in [4.69, 9.17) is 0 Å². The van der Waals surface area contributed by atoms with Crippen molar-refractivity contribution >= 4 is 5.82 Å². The van der Waals surface area contributed by atoms with Gasteiger partial charge in [0.1, 0.15) is 12.1 Å². The van der Waals surface area contributed by atoms with Gasteiger partial charge in [-0.15, -0.1) is 0 Å². The number of rotatable bonds is 4. The lowest BCUT2D eigenvalue weighted by atomic mass is 10.0. The Morgan fingerprint density at radius 1 is 1.18 bits per heavy atom. The third-order valence-corrected chi connectivity index (χ3v) is 4.89. The van der Waals surface area contributed by atoms with Gasteiger partial charge >= 0.3 is 0 Å². The van der Waals surface area contributed by atoms with E-state index in [9.17, 15) is 0 Å². The Bertz CT molecular complexity index is 396. The summed E-state index contributed by atoms with van der Waals surface area (Å²) in [5.41, 5.74) is 1.96. The number of aromatic nitrogens is 2. The number of aryl methyl sites for hydroxylation is 1. The zero-order valence-corrected chi connectivity index (χ0v) is 11.5. The van der Waals surface area contributed by atoms with Gasteiger partial charge in [-0.05, 0) is 23.2 Å². The van der Waals surface area contributed by atoms with E-state index in [2.05, 4.69) is 49.9 Å². The molecule has 17 heavy (non-hydrogen) atoms. The van der Waals surface area contributed by atoms with E-state index >= 15 is 0 Å². The standard InChI is InChI=1S/C14H23N3/c1-6-10-7-12(17-9-16-10)15-8-11-13(2,3)14(11,4)5/h7,9,11H,6,8H2,1-5H3,(H,15,16,17). The first kappa shape index (κ1) is 12.3. The fourth-order valence-electron chi connectivity index (χ4n) is 2.74. The zero-order chi connectivity index (χ0) is 12.7. The van der Waals surface area contributed by atoms with Crippen molar-refractivity contribution in [1.82, 2.24) is 9.97 Å². The minimum Gasteiger partial charge on any atom is -0.370 e. The minimum atomic E-state index is 0.431. The molecule has 1 N–H and O–H groups in total. The van der Waals surface area contributed by atoms with Gasteiger partial charge in [0, 0.05) is 18.3 Å². The summed E-state index contributed by atoms with van der Waals surface area (Å²) in [6.07, 6.45) is 2.60. The van der Waals surface area contributed by atoms with E-state index in [0.29, 0.717) is 10.8 Å². The molecule has 1 aliphatic carbocycles. The number of hydrogen-bond donors (Lipinski definition) is 1. The van der Waals surface area contributed by atoms with Crippen LogP contribution in [0.3, 0.4) is 0 Å². The molecular weight excluding hydrogens is 210 g/mol. The summed E-state index contributed by atoms with van der Waals surface area (Å²) in [7, 11) is 0. The van der Waals surface area contributed by atoms with E-state index < -0.39 is 0 Å². The third-order valence-electron chi connectivity index (χ3n) is 4.89. The van der Waals surface area contributed by atoms with Crippen molar-refractivity contribution in [2.24, 2.45) is 16.7 Å². The van der Waals surface area contributed by atoms with Gasteiger partial charge < -0.3 is 5.32 Å². The van der Waals surface area contributed by atoms with Crippen LogP contribution >= 0.6 is 0 Å². The monoisotopic (exact) mass is 233 g/mol. The summed E-state index contributed by atoms with van der Waals surface area (Å²) in [5.74, 6) is 1.67. The summed E-state index contributed by atoms with van der Waals surface area (Å²) in [6, 6.07) is 2.04. The molecule has 0 radical (unpaired) electrons. The highest BCUT2D eigenvalue weighted by molar-refractivity contribution is 5.36. The van der Waals surface area contributed by atoms with Crippen molar-refractivity contribution in [3.05, 3.63) is 18.1 Å². The van der Waals surface area contributed by atoms with E-state index in [0.717, 1.165) is 30.4 Å². The summed E-state index contributed by atoms with van der Waals surface area (Å²) >= 11 is 0. The molecule has 1 aromatic rings. The van der Waals surface area contributed by atoms with Crippen molar-refractivity contribution in [2.45, 2.75) is 41.0 Å². The topological polar surface area (TPSA) is 37.8 Å². The molecule has 1 heterocycles. The maximum atomic E-state index is 4.26. The third kappa shape index (κ3) is 2.03. The predicted octanol–water partition coefficient (Wildman–Crippen LogP) is 3.13. The summed E-state index contributed by atoms with van der Waals surface area (Å²) in [6.45, 7) is 12.5. The van der Waals surface area contributed by atoms with E-state index in [1.54, 1.807) is 6.33 Å². The van der Waals surface area contributed by atoms with Crippen molar-refractivity contribution in [3.63, 3.8) is 0 Å². The van der Waals surface area contributed by atoms with Crippen molar-refractivity contribution in [1.29, 1.82) is 0 Å². The maximum absolute atomic E-state index is 4.26. The van der Waals surface area contributed by atoms with E-state index in [1.165, 1.54) is 0 Å². The largest absolute Gasteiger partial charge is 0.370 e. The first-order chi connectivity index (χ1) is 7.89. The summed E-state index contributed by atoms with van der Waals surface area (Å²) in [5, 5.41) is 3.44. The average Bonchev–Trinajstić information content (AvgIpc) is 2.67. The predicted molar refractivity (Wildman–Crippen MR) is 71.0 cm³/mol. The second-order valence-corrected chi connectivity index (χ2v) is 6.13. The van der Waals surface area contributed by atoms with Crippen LogP contribution in [0.15, 0.2) is 12.4 Å². The van der Waals surface area contributed by atoms with Crippen molar-refractivity contribution in [2.75, 3.05) is 11.9 Å². The molecule has 0 amide bonds. The van der Waals surface area contributed by atoms with Crippen LogP contribution < -0.4 is 5.32 Å². The van der Waals surface area contributed by atoms with Gasteiger partial charge in [-0.3, -0.25) is 0 Å². The highest BCUT2D eigenvalue weighted by Crippen LogP contribution is 2.68. The zero-order valence-electron chi connectivity index (χ0n) is 11.5. The molecule has 2 rings (SSSR count). The van der Waals surface area contributed by atoms with Crippen LogP contribution in [0.1, 0.15) is 40.3 Å². The molecule has 0 bridgehead atoms. The maximum Gasteiger partial charge on any atom is 0.129 e. The highest BCUT2D eigenvalue weighted by Gasteiger charge is 2.64. The lowest BCUT2D eigenvalue weighted by Gasteiger charge is -2.07. The summed E-state index contributed by atoms with van der Waals surface area (Å²) < 4.78 is 0. The molecule has 1 fully saturated rings. The Balaban J connectivity index is 1.95. The van der Waals surface area contributed by atoms with Crippen LogP contribution in [0, 0.1) is 16.7 Å². The fraction of sp³-hybridized carbons (Fsp3) is 0.714. The molecule has 3 heteroatoms. The van der Waals surface area contributed by atoms with E-state index in [-0.39, 0.29) is 0 Å². The Morgan fingerprint density at radius 3 is 2.35 bits per heavy atom. The quantitative estimate of drug-likeness (QED) is 0.868. The second kappa shape index (κ2) is 3.97. The first-order valence-corrected chi connectivity index (χ1v) is 6.44. The highest BCUT2D eigenvalue weighted by atomic mass is 15.0. The van der Waals surface area contributed by atoms with Crippen LogP contribution in [0.2, 0.25) is 0 Å². The molecule has 3 nitrogen and oxygen atoms in total. The number of anilines is 1. The molecule has 0 aliphatic heterocycles. The van der Waals surface area contributed by atoms with Gasteiger partial charge in [-0.25, -0.2) is 9.97 Å². The molecule has 0 aromatic carbocycles. The Kier molecular flexibility index (Phi) is 2.88. The van der Waals surface area contributed by atoms with Gasteiger partial charge in [0.15, 0.2) is 0 Å². The Morgan fingerprint density at radius 2 is 1.82 bits per heavy atom. The molecule has 1 aromatic heterocycles. The van der Waals surface area contributed by atoms with Crippen LogP contribution in [-0.2, 0) is 6.42 Å². The number of nitrogens with zero attached hydrogens (tertiary/aromatic N) is 2. The number of nitrogens with one attached hydrogen (secondary N) is 1. The normalized spacial score (nSPS) is 21.2. The van der Waals surface area contributed by atoms with Gasteiger partial charge in [-0.1, -0.05) is 34.6 Å². The average molecular weight is 233 g/mol. The Labute approximate surface area is 104 Å². The number of hydrogen-bond acceptors (Lipinski definition) is 3. The lowest BCUT2D eigenvalue weighted by Crippen LogP contribution is -2.09. The summed E-state index contributed by atoms with van der Waals surface area (Å²) in [4.78, 5) is 8.47. The van der Waals surface area contributed by atoms with Crippen molar-refractivity contribution in [3.8, 4) is 0 Å². The first-order valence-electron chi connectivity index (χ1n) is 6.44. The van der Waals surface area contributed by atoms with Gasteiger partial charge in [-0.2, -0.15) is 0 Å². The molecular formula is C14H23N3. The van der Waals surface area contributed by atoms with Gasteiger partial charge in [0.05, 0.1) is 0 Å². The molecule has 1 aliphatic rings.